The quantitative estimate of drug-likeness (QED) is 0.921. The van der Waals surface area contributed by atoms with E-state index in [0.29, 0.717) is 17.0 Å². The molecule has 5 nitrogen and oxygen atoms in total. The third-order valence-electron chi connectivity index (χ3n) is 2.68. The van der Waals surface area contributed by atoms with Crippen LogP contribution < -0.4 is 0 Å². The first kappa shape index (κ1) is 13.0. The first-order valence-corrected chi connectivity index (χ1v) is 6.13. The summed E-state index contributed by atoms with van der Waals surface area (Å²) >= 11 is 6.00. The van der Waals surface area contributed by atoms with Gasteiger partial charge in [0.15, 0.2) is 0 Å². The van der Waals surface area contributed by atoms with Crippen molar-refractivity contribution in [3.8, 4) is 0 Å². The van der Waals surface area contributed by atoms with Crippen LogP contribution in [0.4, 0.5) is 0 Å². The second-order valence-corrected chi connectivity index (χ2v) is 4.74. The Morgan fingerprint density at radius 2 is 2.22 bits per heavy atom. The molecule has 0 aliphatic carbocycles. The SMILES string of the molecule is CC(C)n1ncnc1CC(O)c1ccncc1Cl. The minimum Gasteiger partial charge on any atom is -0.388 e. The molecule has 0 aromatic carbocycles. The summed E-state index contributed by atoms with van der Waals surface area (Å²) in [5.74, 6) is 0.741. The summed E-state index contributed by atoms with van der Waals surface area (Å²) in [7, 11) is 0. The summed E-state index contributed by atoms with van der Waals surface area (Å²) in [4.78, 5) is 8.06. The molecular weight excluding hydrogens is 252 g/mol. The van der Waals surface area contributed by atoms with Gasteiger partial charge in [-0.25, -0.2) is 9.67 Å². The molecule has 2 aromatic rings. The van der Waals surface area contributed by atoms with Crippen LogP contribution in [0.5, 0.6) is 0 Å². The standard InChI is InChI=1S/C12H15ClN4O/c1-8(2)17-12(15-7-16-17)5-11(18)9-3-4-14-6-10(9)13/h3-4,6-8,11,18H,5H2,1-2H3. The van der Waals surface area contributed by atoms with Gasteiger partial charge in [0.05, 0.1) is 11.1 Å². The van der Waals surface area contributed by atoms with Gasteiger partial charge in [-0.2, -0.15) is 5.10 Å². The van der Waals surface area contributed by atoms with Crippen molar-refractivity contribution in [3.05, 3.63) is 41.2 Å². The van der Waals surface area contributed by atoms with E-state index >= 15 is 0 Å². The van der Waals surface area contributed by atoms with Crippen molar-refractivity contribution in [2.24, 2.45) is 0 Å². The molecule has 0 saturated heterocycles. The lowest BCUT2D eigenvalue weighted by Gasteiger charge is -2.14. The summed E-state index contributed by atoms with van der Waals surface area (Å²) in [6.07, 6.45) is 4.30. The molecule has 1 atom stereocenters. The first-order chi connectivity index (χ1) is 8.59. The van der Waals surface area contributed by atoms with Crippen LogP contribution in [0.2, 0.25) is 5.02 Å². The minimum absolute atomic E-state index is 0.211. The van der Waals surface area contributed by atoms with Crippen LogP contribution >= 0.6 is 11.6 Å². The molecule has 0 bridgehead atoms. The molecule has 0 saturated carbocycles. The lowest BCUT2D eigenvalue weighted by Crippen LogP contribution is -2.12. The summed E-state index contributed by atoms with van der Waals surface area (Å²) < 4.78 is 1.79. The fourth-order valence-corrected chi connectivity index (χ4v) is 2.04. The van der Waals surface area contributed by atoms with Crippen LogP contribution in [-0.4, -0.2) is 24.9 Å². The third-order valence-corrected chi connectivity index (χ3v) is 2.99. The summed E-state index contributed by atoms with van der Waals surface area (Å²) in [5.41, 5.74) is 0.657. The molecule has 96 valence electrons. The maximum atomic E-state index is 10.2. The van der Waals surface area contributed by atoms with Crippen molar-refractivity contribution in [3.63, 3.8) is 0 Å². The highest BCUT2D eigenvalue weighted by Crippen LogP contribution is 2.24. The summed E-state index contributed by atoms with van der Waals surface area (Å²) in [6.45, 7) is 4.04. The highest BCUT2D eigenvalue weighted by Gasteiger charge is 2.16. The number of halogens is 1. The van der Waals surface area contributed by atoms with E-state index in [1.807, 2.05) is 13.8 Å². The number of hydrogen-bond acceptors (Lipinski definition) is 4. The maximum absolute atomic E-state index is 10.2. The Morgan fingerprint density at radius 1 is 1.44 bits per heavy atom. The largest absolute Gasteiger partial charge is 0.388 e. The van der Waals surface area contributed by atoms with Gasteiger partial charge in [0, 0.05) is 30.4 Å². The van der Waals surface area contributed by atoms with Gasteiger partial charge < -0.3 is 5.11 Å². The predicted molar refractivity (Wildman–Crippen MR) is 68.3 cm³/mol. The Balaban J connectivity index is 2.19. The van der Waals surface area contributed by atoms with Crippen molar-refractivity contribution in [1.82, 2.24) is 19.7 Å². The highest BCUT2D eigenvalue weighted by molar-refractivity contribution is 6.31. The predicted octanol–water partition coefficient (Wildman–Crippen LogP) is 2.18. The molecule has 6 heteroatoms. The number of aromatic nitrogens is 4. The normalized spacial score (nSPS) is 12.9. The monoisotopic (exact) mass is 266 g/mol. The molecule has 1 unspecified atom stereocenters. The van der Waals surface area contributed by atoms with Gasteiger partial charge in [-0.1, -0.05) is 11.6 Å². The zero-order chi connectivity index (χ0) is 13.1. The number of pyridine rings is 1. The van der Waals surface area contributed by atoms with Crippen LogP contribution in [-0.2, 0) is 6.42 Å². The average Bonchev–Trinajstić information content (AvgIpc) is 2.77. The topological polar surface area (TPSA) is 63.8 Å². The molecule has 1 N–H and O–H groups in total. The lowest BCUT2D eigenvalue weighted by molar-refractivity contribution is 0.173. The Morgan fingerprint density at radius 3 is 2.89 bits per heavy atom. The van der Waals surface area contributed by atoms with E-state index in [1.54, 1.807) is 16.9 Å². The smallest absolute Gasteiger partial charge is 0.138 e. The van der Waals surface area contributed by atoms with Crippen molar-refractivity contribution in [1.29, 1.82) is 0 Å². The summed E-state index contributed by atoms with van der Waals surface area (Å²) in [5, 5.41) is 14.8. The van der Waals surface area contributed by atoms with Crippen LogP contribution in [0.15, 0.2) is 24.8 Å². The van der Waals surface area contributed by atoms with Gasteiger partial charge in [-0.3, -0.25) is 4.98 Å². The van der Waals surface area contributed by atoms with E-state index in [-0.39, 0.29) is 6.04 Å². The Bertz CT molecular complexity index is 526. The highest BCUT2D eigenvalue weighted by atomic mass is 35.5. The second kappa shape index (κ2) is 5.46. The minimum atomic E-state index is -0.706. The molecule has 0 radical (unpaired) electrons. The van der Waals surface area contributed by atoms with Crippen LogP contribution in [0.25, 0.3) is 0 Å². The van der Waals surface area contributed by atoms with Gasteiger partial charge in [-0.05, 0) is 19.9 Å². The van der Waals surface area contributed by atoms with Crippen LogP contribution in [0, 0.1) is 0 Å². The van der Waals surface area contributed by atoms with E-state index in [0.717, 1.165) is 5.82 Å². The zero-order valence-electron chi connectivity index (χ0n) is 10.3. The van der Waals surface area contributed by atoms with Gasteiger partial charge in [0.25, 0.3) is 0 Å². The number of aliphatic hydroxyl groups excluding tert-OH is 1. The first-order valence-electron chi connectivity index (χ1n) is 5.75. The molecule has 0 spiro atoms. The second-order valence-electron chi connectivity index (χ2n) is 4.33. The number of aliphatic hydroxyl groups is 1. The zero-order valence-corrected chi connectivity index (χ0v) is 11.0. The van der Waals surface area contributed by atoms with Gasteiger partial charge in [-0.15, -0.1) is 0 Å². The Kier molecular flexibility index (Phi) is 3.93. The van der Waals surface area contributed by atoms with Gasteiger partial charge in [0.2, 0.25) is 0 Å². The molecule has 18 heavy (non-hydrogen) atoms. The fourth-order valence-electron chi connectivity index (χ4n) is 1.79. The molecule has 0 aliphatic heterocycles. The van der Waals surface area contributed by atoms with E-state index in [1.165, 1.54) is 12.5 Å². The molecule has 2 heterocycles. The van der Waals surface area contributed by atoms with Gasteiger partial charge >= 0.3 is 0 Å². The summed E-state index contributed by atoms with van der Waals surface area (Å²) in [6, 6.07) is 1.92. The Hall–Kier alpha value is -1.46. The lowest BCUT2D eigenvalue weighted by atomic mass is 10.1. The Labute approximate surface area is 110 Å². The van der Waals surface area contributed by atoms with Crippen LogP contribution in [0.3, 0.4) is 0 Å². The molecule has 2 aromatic heterocycles. The molecular formula is C12H15ClN4O. The maximum Gasteiger partial charge on any atom is 0.138 e. The van der Waals surface area contributed by atoms with Crippen molar-refractivity contribution in [2.45, 2.75) is 32.4 Å². The van der Waals surface area contributed by atoms with E-state index in [4.69, 9.17) is 11.6 Å². The molecule has 2 rings (SSSR count). The van der Waals surface area contributed by atoms with Crippen molar-refractivity contribution < 1.29 is 5.11 Å². The number of rotatable bonds is 4. The van der Waals surface area contributed by atoms with E-state index in [2.05, 4.69) is 15.1 Å². The molecule has 0 aliphatic rings. The third kappa shape index (κ3) is 2.68. The molecule has 0 amide bonds. The average molecular weight is 267 g/mol. The van der Waals surface area contributed by atoms with E-state index < -0.39 is 6.10 Å². The fraction of sp³-hybridized carbons (Fsp3) is 0.417. The van der Waals surface area contributed by atoms with Crippen molar-refractivity contribution >= 4 is 11.6 Å². The van der Waals surface area contributed by atoms with Gasteiger partial charge in [0.1, 0.15) is 12.2 Å². The molecule has 0 fully saturated rings. The van der Waals surface area contributed by atoms with Crippen molar-refractivity contribution in [2.75, 3.05) is 0 Å². The number of nitrogens with zero attached hydrogens (tertiary/aromatic N) is 4. The van der Waals surface area contributed by atoms with E-state index in [9.17, 15) is 5.11 Å². The number of hydrogen-bond donors (Lipinski definition) is 1. The van der Waals surface area contributed by atoms with Crippen LogP contribution in [0.1, 0.15) is 37.4 Å².